The molecule has 2 amide bonds. The molecule has 0 heterocycles. The first-order valence-electron chi connectivity index (χ1n) is 11.8. The van der Waals surface area contributed by atoms with Crippen LogP contribution in [0.25, 0.3) is 0 Å². The maximum atomic E-state index is 13.7. The normalized spacial score (nSPS) is 17.5. The lowest BCUT2D eigenvalue weighted by Gasteiger charge is -2.39. The van der Waals surface area contributed by atoms with Crippen LogP contribution < -0.4 is 15.8 Å². The van der Waals surface area contributed by atoms with Crippen molar-refractivity contribution < 1.29 is 18.7 Å². The third-order valence-corrected chi connectivity index (χ3v) is 6.47. The van der Waals surface area contributed by atoms with Crippen LogP contribution in [0, 0.1) is 5.82 Å². The highest BCUT2D eigenvalue weighted by molar-refractivity contribution is 6.04. The number of nitrogens with zero attached hydrogens (tertiary/aromatic N) is 1. The highest BCUT2D eigenvalue weighted by atomic mass is 19.1. The number of hydrogen-bond acceptors (Lipinski definition) is 4. The topological polar surface area (TPSA) is 84.7 Å². The number of carbonyl (C=O) groups excluding carboxylic acids is 2. The van der Waals surface area contributed by atoms with E-state index in [4.69, 9.17) is 10.5 Å². The molecule has 182 valence electrons. The quantitative estimate of drug-likeness (QED) is 0.504. The fourth-order valence-electron chi connectivity index (χ4n) is 4.55. The number of amides is 2. The van der Waals surface area contributed by atoms with Crippen LogP contribution in [0.1, 0.15) is 52.0 Å². The van der Waals surface area contributed by atoms with E-state index in [1.54, 1.807) is 43.5 Å². The van der Waals surface area contributed by atoms with Crippen LogP contribution in [0.15, 0.2) is 72.8 Å². The van der Waals surface area contributed by atoms with E-state index < -0.39 is 11.7 Å². The number of hydrogen-bond donors (Lipinski definition) is 2. The lowest BCUT2D eigenvalue weighted by atomic mass is 9.89. The van der Waals surface area contributed by atoms with E-state index in [2.05, 4.69) is 5.32 Å². The lowest BCUT2D eigenvalue weighted by molar-refractivity contribution is 0.0584. The first kappa shape index (κ1) is 24.4. The Balaban J connectivity index is 1.62. The van der Waals surface area contributed by atoms with Gasteiger partial charge in [0.2, 0.25) is 0 Å². The number of benzene rings is 3. The number of nitrogens with two attached hydrogens (primary N) is 1. The molecule has 6 nitrogen and oxygen atoms in total. The second kappa shape index (κ2) is 11.1. The van der Waals surface area contributed by atoms with Gasteiger partial charge in [0.15, 0.2) is 0 Å². The van der Waals surface area contributed by atoms with E-state index in [0.717, 1.165) is 31.2 Å². The van der Waals surface area contributed by atoms with Crippen LogP contribution in [-0.4, -0.2) is 35.9 Å². The highest BCUT2D eigenvalue weighted by Crippen LogP contribution is 2.28. The average molecular weight is 476 g/mol. The molecule has 35 heavy (non-hydrogen) atoms. The number of halogens is 1. The zero-order valence-electron chi connectivity index (χ0n) is 19.7. The summed E-state index contributed by atoms with van der Waals surface area (Å²) < 4.78 is 18.8. The fraction of sp³-hybridized carbons (Fsp3) is 0.286. The first-order chi connectivity index (χ1) is 17.0. The molecule has 1 fully saturated rings. The minimum absolute atomic E-state index is 0.120. The Kier molecular flexibility index (Phi) is 7.77. The van der Waals surface area contributed by atoms with E-state index in [9.17, 15) is 14.0 Å². The molecule has 0 bridgehead atoms. The molecule has 3 N–H and O–H groups in total. The van der Waals surface area contributed by atoms with E-state index in [-0.39, 0.29) is 30.1 Å². The zero-order chi connectivity index (χ0) is 24.8. The van der Waals surface area contributed by atoms with Crippen LogP contribution >= 0.6 is 0 Å². The summed E-state index contributed by atoms with van der Waals surface area (Å²) in [5.41, 5.74) is 8.60. The van der Waals surface area contributed by atoms with E-state index in [1.165, 1.54) is 18.2 Å². The molecule has 3 aromatic rings. The number of para-hydroxylation sites is 1. The molecule has 0 saturated heterocycles. The number of anilines is 1. The van der Waals surface area contributed by atoms with Gasteiger partial charge in [-0.3, -0.25) is 9.59 Å². The molecular formula is C28H30FN3O3. The van der Waals surface area contributed by atoms with Gasteiger partial charge in [-0.2, -0.15) is 0 Å². The summed E-state index contributed by atoms with van der Waals surface area (Å²) >= 11 is 0. The molecule has 1 aliphatic carbocycles. The number of carbonyl (C=O) groups is 2. The van der Waals surface area contributed by atoms with Crippen molar-refractivity contribution in [2.75, 3.05) is 12.4 Å². The Labute approximate surface area is 204 Å². The smallest absolute Gasteiger partial charge is 0.255 e. The van der Waals surface area contributed by atoms with Crippen molar-refractivity contribution in [2.24, 2.45) is 5.73 Å². The second-order valence-corrected chi connectivity index (χ2v) is 8.80. The Hall–Kier alpha value is -3.71. The van der Waals surface area contributed by atoms with Crippen molar-refractivity contribution in [1.82, 2.24) is 4.90 Å². The SMILES string of the molecule is COc1ccc(C(=O)N(Cc2ccccc2NC(=O)c2cccc(F)c2)C2CCCCC2N)cc1. The van der Waals surface area contributed by atoms with Gasteiger partial charge in [-0.25, -0.2) is 4.39 Å². The standard InChI is InChI=1S/C28H30FN3O3/c1-35-23-15-13-19(14-16-23)28(34)32(26-12-5-3-10-24(26)30)18-21-7-2-4-11-25(21)31-27(33)20-8-6-9-22(29)17-20/h2,4,6-9,11,13-17,24,26H,3,5,10,12,18,30H2,1H3,(H,31,33). The van der Waals surface area contributed by atoms with Gasteiger partial charge < -0.3 is 20.7 Å². The molecule has 0 aliphatic heterocycles. The largest absolute Gasteiger partial charge is 0.497 e. The Bertz CT molecular complexity index is 1180. The summed E-state index contributed by atoms with van der Waals surface area (Å²) in [5, 5.41) is 2.88. The third-order valence-electron chi connectivity index (χ3n) is 6.47. The predicted octanol–water partition coefficient (Wildman–Crippen LogP) is 5.00. The van der Waals surface area contributed by atoms with Crippen molar-refractivity contribution >= 4 is 17.5 Å². The molecule has 2 unspecified atom stereocenters. The maximum absolute atomic E-state index is 13.7. The lowest BCUT2D eigenvalue weighted by Crippen LogP contribution is -2.51. The molecule has 0 radical (unpaired) electrons. The molecule has 1 aliphatic rings. The molecule has 0 spiro atoms. The summed E-state index contributed by atoms with van der Waals surface area (Å²) in [7, 11) is 1.58. The molecule has 7 heteroatoms. The number of ether oxygens (including phenoxy) is 1. The Morgan fingerprint density at radius 1 is 1.00 bits per heavy atom. The van der Waals surface area contributed by atoms with Crippen LogP contribution in [0.4, 0.5) is 10.1 Å². The maximum Gasteiger partial charge on any atom is 0.255 e. The van der Waals surface area contributed by atoms with E-state index >= 15 is 0 Å². The van der Waals surface area contributed by atoms with Gasteiger partial charge in [-0.15, -0.1) is 0 Å². The van der Waals surface area contributed by atoms with Crippen LogP contribution in [0.5, 0.6) is 5.75 Å². The molecule has 1 saturated carbocycles. The number of methoxy groups -OCH3 is 1. The minimum atomic E-state index is -0.478. The fourth-order valence-corrected chi connectivity index (χ4v) is 4.55. The van der Waals surface area contributed by atoms with Crippen molar-refractivity contribution in [3.63, 3.8) is 0 Å². The van der Waals surface area contributed by atoms with Gasteiger partial charge in [0.05, 0.1) is 7.11 Å². The van der Waals surface area contributed by atoms with Crippen LogP contribution in [0.3, 0.4) is 0 Å². The molecule has 3 aromatic carbocycles. The summed E-state index contributed by atoms with van der Waals surface area (Å²) in [6.07, 6.45) is 3.72. The van der Waals surface area contributed by atoms with Gasteiger partial charge >= 0.3 is 0 Å². The third kappa shape index (κ3) is 5.87. The summed E-state index contributed by atoms with van der Waals surface area (Å²) in [6.45, 7) is 0.281. The highest BCUT2D eigenvalue weighted by Gasteiger charge is 2.32. The minimum Gasteiger partial charge on any atom is -0.497 e. The monoisotopic (exact) mass is 475 g/mol. The first-order valence-corrected chi connectivity index (χ1v) is 11.8. The molecular weight excluding hydrogens is 445 g/mol. The van der Waals surface area contributed by atoms with Crippen molar-refractivity contribution in [1.29, 1.82) is 0 Å². The van der Waals surface area contributed by atoms with Crippen LogP contribution in [0.2, 0.25) is 0 Å². The average Bonchev–Trinajstić information content (AvgIpc) is 2.88. The van der Waals surface area contributed by atoms with Crippen molar-refractivity contribution in [3.05, 3.63) is 95.3 Å². The van der Waals surface area contributed by atoms with Crippen molar-refractivity contribution in [3.8, 4) is 5.75 Å². The number of rotatable bonds is 7. The van der Waals surface area contributed by atoms with Gasteiger partial charge in [0.25, 0.3) is 11.8 Å². The zero-order valence-corrected chi connectivity index (χ0v) is 19.7. The molecule has 0 aromatic heterocycles. The van der Waals surface area contributed by atoms with Gasteiger partial charge in [-0.05, 0) is 66.9 Å². The van der Waals surface area contributed by atoms with E-state index in [1.807, 2.05) is 23.1 Å². The van der Waals surface area contributed by atoms with Gasteiger partial charge in [0.1, 0.15) is 11.6 Å². The predicted molar refractivity (Wildman–Crippen MR) is 134 cm³/mol. The second-order valence-electron chi connectivity index (χ2n) is 8.80. The summed E-state index contributed by atoms with van der Waals surface area (Å²) in [5.74, 6) is -0.345. The molecule has 4 rings (SSSR count). The van der Waals surface area contributed by atoms with Gasteiger partial charge in [0, 0.05) is 35.4 Å². The van der Waals surface area contributed by atoms with Crippen molar-refractivity contribution in [2.45, 2.75) is 44.3 Å². The summed E-state index contributed by atoms with van der Waals surface area (Å²) in [4.78, 5) is 28.3. The van der Waals surface area contributed by atoms with Crippen LogP contribution in [-0.2, 0) is 6.54 Å². The Morgan fingerprint density at radius 2 is 1.74 bits per heavy atom. The Morgan fingerprint density at radius 3 is 2.46 bits per heavy atom. The number of nitrogens with one attached hydrogen (secondary N) is 1. The van der Waals surface area contributed by atoms with Gasteiger partial charge in [-0.1, -0.05) is 37.1 Å². The summed E-state index contributed by atoms with van der Waals surface area (Å²) in [6, 6.07) is 19.7. The molecule has 2 atom stereocenters. The van der Waals surface area contributed by atoms with E-state index in [0.29, 0.717) is 17.0 Å².